The first-order valence-corrected chi connectivity index (χ1v) is 6.49. The Balaban J connectivity index is 2.10. The second kappa shape index (κ2) is 4.59. The molecule has 0 saturated carbocycles. The van der Waals surface area contributed by atoms with Gasteiger partial charge >= 0.3 is 0 Å². The lowest BCUT2D eigenvalue weighted by molar-refractivity contribution is 0.786. The molecular weight excluding hydrogens is 258 g/mol. The highest BCUT2D eigenvalue weighted by Crippen LogP contribution is 2.23. The predicted molar refractivity (Wildman–Crippen MR) is 79.4 cm³/mol. The quantitative estimate of drug-likeness (QED) is 0.724. The second-order valence-electron chi connectivity index (χ2n) is 4.59. The van der Waals surface area contributed by atoms with Crippen molar-refractivity contribution in [3.63, 3.8) is 0 Å². The van der Waals surface area contributed by atoms with E-state index in [1.807, 2.05) is 43.3 Å². The molecule has 1 heterocycles. The Kier molecular flexibility index (Phi) is 2.91. The standard InChI is InChI=1S/C15H14ClN3/c1-10-18-15-13(17)6-3-7-14(15)19(10)9-11-4-2-5-12(16)8-11/h2-8H,9,17H2,1H3. The summed E-state index contributed by atoms with van der Waals surface area (Å²) >= 11 is 6.02. The van der Waals surface area contributed by atoms with Crippen LogP contribution in [0.3, 0.4) is 0 Å². The average Bonchev–Trinajstić information content (AvgIpc) is 2.69. The summed E-state index contributed by atoms with van der Waals surface area (Å²) in [5.41, 5.74) is 9.74. The van der Waals surface area contributed by atoms with Gasteiger partial charge in [0.1, 0.15) is 11.3 Å². The zero-order valence-electron chi connectivity index (χ0n) is 10.6. The van der Waals surface area contributed by atoms with Crippen molar-refractivity contribution in [3.8, 4) is 0 Å². The average molecular weight is 272 g/mol. The molecule has 0 saturated heterocycles. The minimum Gasteiger partial charge on any atom is -0.397 e. The number of para-hydroxylation sites is 1. The van der Waals surface area contributed by atoms with Crippen LogP contribution in [0.1, 0.15) is 11.4 Å². The number of fused-ring (bicyclic) bond motifs is 1. The van der Waals surface area contributed by atoms with Gasteiger partial charge in [-0.3, -0.25) is 0 Å². The van der Waals surface area contributed by atoms with E-state index in [4.69, 9.17) is 17.3 Å². The summed E-state index contributed by atoms with van der Waals surface area (Å²) in [7, 11) is 0. The van der Waals surface area contributed by atoms with Crippen molar-refractivity contribution in [1.82, 2.24) is 9.55 Å². The Morgan fingerprint density at radius 1 is 1.21 bits per heavy atom. The van der Waals surface area contributed by atoms with E-state index < -0.39 is 0 Å². The van der Waals surface area contributed by atoms with Crippen LogP contribution in [0.4, 0.5) is 5.69 Å². The molecule has 19 heavy (non-hydrogen) atoms. The normalized spacial score (nSPS) is 11.1. The molecule has 3 nitrogen and oxygen atoms in total. The van der Waals surface area contributed by atoms with Gasteiger partial charge in [-0.05, 0) is 36.8 Å². The summed E-state index contributed by atoms with van der Waals surface area (Å²) < 4.78 is 2.15. The first-order chi connectivity index (χ1) is 9.15. The van der Waals surface area contributed by atoms with E-state index in [0.29, 0.717) is 5.69 Å². The number of aromatic nitrogens is 2. The van der Waals surface area contributed by atoms with Gasteiger partial charge in [-0.25, -0.2) is 4.98 Å². The summed E-state index contributed by atoms with van der Waals surface area (Å²) in [6, 6.07) is 13.7. The fourth-order valence-electron chi connectivity index (χ4n) is 2.30. The number of aryl methyl sites for hydroxylation is 1. The highest BCUT2D eigenvalue weighted by Gasteiger charge is 2.09. The molecule has 0 unspecified atom stereocenters. The van der Waals surface area contributed by atoms with E-state index in [1.165, 1.54) is 0 Å². The van der Waals surface area contributed by atoms with Gasteiger partial charge in [0, 0.05) is 11.6 Å². The summed E-state index contributed by atoms with van der Waals surface area (Å²) in [6.45, 7) is 2.73. The lowest BCUT2D eigenvalue weighted by atomic mass is 10.2. The van der Waals surface area contributed by atoms with Gasteiger partial charge in [0.15, 0.2) is 0 Å². The maximum absolute atomic E-state index is 6.02. The number of rotatable bonds is 2. The summed E-state index contributed by atoms with van der Waals surface area (Å²) in [4.78, 5) is 4.54. The Hall–Kier alpha value is -2.00. The topological polar surface area (TPSA) is 43.8 Å². The second-order valence-corrected chi connectivity index (χ2v) is 5.03. The lowest BCUT2D eigenvalue weighted by Gasteiger charge is -2.07. The highest BCUT2D eigenvalue weighted by atomic mass is 35.5. The molecule has 3 rings (SSSR count). The first-order valence-electron chi connectivity index (χ1n) is 6.11. The van der Waals surface area contributed by atoms with Gasteiger partial charge in [-0.1, -0.05) is 29.8 Å². The molecule has 0 amide bonds. The Morgan fingerprint density at radius 2 is 2.00 bits per heavy atom. The van der Waals surface area contributed by atoms with E-state index in [0.717, 1.165) is 34.0 Å². The molecule has 4 heteroatoms. The van der Waals surface area contributed by atoms with Crippen LogP contribution >= 0.6 is 11.6 Å². The van der Waals surface area contributed by atoms with Crippen LogP contribution in [0.15, 0.2) is 42.5 Å². The van der Waals surface area contributed by atoms with Crippen molar-refractivity contribution >= 4 is 28.3 Å². The molecule has 0 aliphatic rings. The Bertz CT molecular complexity index is 746. The molecule has 3 aromatic rings. The maximum atomic E-state index is 6.02. The van der Waals surface area contributed by atoms with Crippen LogP contribution < -0.4 is 5.73 Å². The van der Waals surface area contributed by atoms with Crippen molar-refractivity contribution in [2.75, 3.05) is 5.73 Å². The van der Waals surface area contributed by atoms with Crippen LogP contribution in [-0.4, -0.2) is 9.55 Å². The van der Waals surface area contributed by atoms with E-state index in [2.05, 4.69) is 15.6 Å². The highest BCUT2D eigenvalue weighted by molar-refractivity contribution is 6.30. The molecule has 0 bridgehead atoms. The molecular formula is C15H14ClN3. The third-order valence-corrected chi connectivity index (χ3v) is 3.47. The molecule has 0 spiro atoms. The lowest BCUT2D eigenvalue weighted by Crippen LogP contribution is -2.01. The molecule has 96 valence electrons. The van der Waals surface area contributed by atoms with Crippen molar-refractivity contribution in [1.29, 1.82) is 0 Å². The number of hydrogen-bond donors (Lipinski definition) is 1. The monoisotopic (exact) mass is 271 g/mol. The van der Waals surface area contributed by atoms with Crippen LogP contribution in [0.25, 0.3) is 11.0 Å². The fourth-order valence-corrected chi connectivity index (χ4v) is 2.52. The molecule has 0 aliphatic carbocycles. The number of nitrogens with zero attached hydrogens (tertiary/aromatic N) is 2. The number of halogens is 1. The molecule has 1 aromatic heterocycles. The molecule has 0 fully saturated rings. The van der Waals surface area contributed by atoms with E-state index in [9.17, 15) is 0 Å². The van der Waals surface area contributed by atoms with Gasteiger partial charge in [0.2, 0.25) is 0 Å². The SMILES string of the molecule is Cc1nc2c(N)cccc2n1Cc1cccc(Cl)c1. The first kappa shape index (κ1) is 12.1. The maximum Gasteiger partial charge on any atom is 0.112 e. The predicted octanol–water partition coefficient (Wildman–Crippen LogP) is 3.63. The molecule has 0 aliphatic heterocycles. The Labute approximate surface area is 116 Å². The van der Waals surface area contributed by atoms with Crippen LogP contribution in [0, 0.1) is 6.92 Å². The summed E-state index contributed by atoms with van der Waals surface area (Å²) in [5.74, 6) is 0.952. The molecule has 0 radical (unpaired) electrons. The van der Waals surface area contributed by atoms with Crippen molar-refractivity contribution in [2.45, 2.75) is 13.5 Å². The van der Waals surface area contributed by atoms with Crippen LogP contribution in [0.5, 0.6) is 0 Å². The zero-order chi connectivity index (χ0) is 13.4. The van der Waals surface area contributed by atoms with Crippen LogP contribution in [-0.2, 0) is 6.54 Å². The van der Waals surface area contributed by atoms with E-state index >= 15 is 0 Å². The number of hydrogen-bond acceptors (Lipinski definition) is 2. The van der Waals surface area contributed by atoms with Crippen molar-refractivity contribution in [2.24, 2.45) is 0 Å². The number of anilines is 1. The van der Waals surface area contributed by atoms with Gasteiger partial charge in [0.05, 0.1) is 11.2 Å². The zero-order valence-corrected chi connectivity index (χ0v) is 11.4. The van der Waals surface area contributed by atoms with Gasteiger partial charge in [-0.15, -0.1) is 0 Å². The number of nitrogen functional groups attached to an aromatic ring is 1. The third-order valence-electron chi connectivity index (χ3n) is 3.23. The molecule has 0 atom stereocenters. The van der Waals surface area contributed by atoms with Crippen LogP contribution in [0.2, 0.25) is 5.02 Å². The number of nitrogens with two attached hydrogens (primary N) is 1. The van der Waals surface area contributed by atoms with E-state index in [-0.39, 0.29) is 0 Å². The number of imidazole rings is 1. The molecule has 2 aromatic carbocycles. The minimum atomic E-state index is 0.713. The Morgan fingerprint density at radius 3 is 2.79 bits per heavy atom. The summed E-state index contributed by atoms with van der Waals surface area (Å²) in [6.07, 6.45) is 0. The van der Waals surface area contributed by atoms with Crippen molar-refractivity contribution in [3.05, 3.63) is 58.9 Å². The third kappa shape index (κ3) is 2.17. The molecule has 2 N–H and O–H groups in total. The van der Waals surface area contributed by atoms with Gasteiger partial charge < -0.3 is 10.3 Å². The minimum absolute atomic E-state index is 0.713. The van der Waals surface area contributed by atoms with Crippen molar-refractivity contribution < 1.29 is 0 Å². The number of benzene rings is 2. The summed E-state index contributed by atoms with van der Waals surface area (Å²) in [5, 5.41) is 0.749. The van der Waals surface area contributed by atoms with E-state index in [1.54, 1.807) is 0 Å². The van der Waals surface area contributed by atoms with Gasteiger partial charge in [-0.2, -0.15) is 0 Å². The largest absolute Gasteiger partial charge is 0.397 e. The van der Waals surface area contributed by atoms with Gasteiger partial charge in [0.25, 0.3) is 0 Å². The fraction of sp³-hybridized carbons (Fsp3) is 0.133. The smallest absolute Gasteiger partial charge is 0.112 e.